The molecule has 0 spiro atoms. The summed E-state index contributed by atoms with van der Waals surface area (Å²) in [6.07, 6.45) is 1.75. The van der Waals surface area contributed by atoms with E-state index in [4.69, 9.17) is 0 Å². The second kappa shape index (κ2) is 12.8. The molecule has 0 heterocycles. The van der Waals surface area contributed by atoms with Crippen LogP contribution in [0.4, 0.5) is 0 Å². The van der Waals surface area contributed by atoms with Crippen molar-refractivity contribution in [3.63, 3.8) is 0 Å². The zero-order valence-corrected chi connectivity index (χ0v) is 28.4. The summed E-state index contributed by atoms with van der Waals surface area (Å²) in [5.41, 5.74) is 0.742. The van der Waals surface area contributed by atoms with E-state index in [2.05, 4.69) is 9.98 Å². The van der Waals surface area contributed by atoms with Crippen molar-refractivity contribution in [2.75, 3.05) is 11.8 Å². The summed E-state index contributed by atoms with van der Waals surface area (Å²) in [5.74, 6) is -6.50. The quantitative estimate of drug-likeness (QED) is 0.0629. The molecular weight excluding hydrogens is 668 g/mol. The fourth-order valence-corrected chi connectivity index (χ4v) is 6.60. The molecule has 0 fully saturated rings. The summed E-state index contributed by atoms with van der Waals surface area (Å²) in [6.45, 7) is 10.2. The van der Waals surface area contributed by atoms with Gasteiger partial charge in [-0.25, -0.2) is 0 Å². The van der Waals surface area contributed by atoms with Crippen LogP contribution in [0.25, 0.3) is 32.7 Å². The third kappa shape index (κ3) is 6.56. The molecule has 0 unspecified atom stereocenters. The predicted octanol–water partition coefficient (Wildman–Crippen LogP) is 5.29. The summed E-state index contributed by atoms with van der Waals surface area (Å²) >= 11 is 0. The predicted molar refractivity (Wildman–Crippen MR) is 183 cm³/mol. The van der Waals surface area contributed by atoms with Crippen molar-refractivity contribution >= 4 is 54.2 Å². The van der Waals surface area contributed by atoms with E-state index >= 15 is 0 Å². The minimum absolute atomic E-state index is 0.0307. The van der Waals surface area contributed by atoms with Crippen LogP contribution in [-0.2, 0) is 20.2 Å². The molecule has 0 saturated heterocycles. The molecule has 16 heteroatoms. The van der Waals surface area contributed by atoms with Gasteiger partial charge in [0.15, 0.2) is 34.8 Å². The lowest BCUT2D eigenvalue weighted by Crippen LogP contribution is -2.03. The molecule has 48 heavy (non-hydrogen) atoms. The number of aromatic hydroxyl groups is 6. The number of phenols is 6. The molecule has 0 amide bonds. The third-order valence-corrected chi connectivity index (χ3v) is 8.86. The van der Waals surface area contributed by atoms with Gasteiger partial charge in [0.25, 0.3) is 20.2 Å². The van der Waals surface area contributed by atoms with E-state index < -0.39 is 78.3 Å². The smallest absolute Gasteiger partial charge is 0.285 e. The first-order valence-electron chi connectivity index (χ1n) is 14.5. The Hall–Kier alpha value is -4.64. The highest BCUT2D eigenvalue weighted by molar-refractivity contribution is 7.86. The summed E-state index contributed by atoms with van der Waals surface area (Å²) in [6, 6.07) is 3.18. The summed E-state index contributed by atoms with van der Waals surface area (Å²) < 4.78 is 63.7. The number of benzene rings is 4. The van der Waals surface area contributed by atoms with Crippen molar-refractivity contribution in [2.45, 2.75) is 53.4 Å². The standard InChI is InChI=1S/C32H36N2O12S2/c1-13(2)21-17-7-15(5)23(29(37)25(17)19(27(35)31(21)39)9-33-11-47(41,42)43)24-16(6)8-18-22(14(3)4)32(40)28(36)20(26(18)30(24)38)10-34-12-48(44,45)46/h7-10,13-14,35-40H,11-12H2,1-6H3,(H,41,42,43)(H,44,45,46). The average Bonchev–Trinajstić information content (AvgIpc) is 2.93. The van der Waals surface area contributed by atoms with E-state index in [1.54, 1.807) is 53.7 Å². The lowest BCUT2D eigenvalue weighted by Gasteiger charge is -2.23. The maximum Gasteiger partial charge on any atom is 0.285 e. The second-order valence-electron chi connectivity index (χ2n) is 12.1. The highest BCUT2D eigenvalue weighted by Crippen LogP contribution is 2.54. The molecule has 4 aromatic rings. The summed E-state index contributed by atoms with van der Waals surface area (Å²) in [7, 11) is -9.12. The second-order valence-corrected chi connectivity index (χ2v) is 14.9. The van der Waals surface area contributed by atoms with Crippen LogP contribution < -0.4 is 0 Å². The molecule has 0 aromatic heterocycles. The van der Waals surface area contributed by atoms with Crippen molar-refractivity contribution in [3.05, 3.63) is 45.5 Å². The van der Waals surface area contributed by atoms with Crippen LogP contribution in [0.2, 0.25) is 0 Å². The maximum atomic E-state index is 12.0. The van der Waals surface area contributed by atoms with Gasteiger partial charge in [-0.1, -0.05) is 39.8 Å². The normalized spacial score (nSPS) is 13.0. The van der Waals surface area contributed by atoms with Crippen LogP contribution in [-0.4, -0.2) is 80.8 Å². The zero-order chi connectivity index (χ0) is 36.2. The van der Waals surface area contributed by atoms with Gasteiger partial charge in [0.05, 0.1) is 0 Å². The van der Waals surface area contributed by atoms with Crippen LogP contribution >= 0.6 is 0 Å². The van der Waals surface area contributed by atoms with Gasteiger partial charge in [-0.05, 0) is 47.6 Å². The molecule has 4 aromatic carbocycles. The number of aliphatic imine (C=N–C) groups is 2. The van der Waals surface area contributed by atoms with Crippen molar-refractivity contribution in [2.24, 2.45) is 9.98 Å². The molecule has 0 bridgehead atoms. The van der Waals surface area contributed by atoms with Crippen molar-refractivity contribution in [3.8, 4) is 45.6 Å². The van der Waals surface area contributed by atoms with E-state index in [0.717, 1.165) is 12.4 Å². The minimum atomic E-state index is -4.56. The third-order valence-electron chi connectivity index (χ3n) is 7.91. The number of nitrogens with zero attached hydrogens (tertiary/aromatic N) is 2. The fourth-order valence-electron chi connectivity index (χ4n) is 6.07. The first-order chi connectivity index (χ1) is 22.1. The SMILES string of the molecule is Cc1cc2c(C(C)C)c(O)c(O)c(C=NCS(=O)(=O)O)c2c(O)c1-c1c(C)cc2c(C(C)C)c(O)c(O)c(C=NCS(=O)(=O)O)c2c1O. The van der Waals surface area contributed by atoms with Crippen molar-refractivity contribution in [1.82, 2.24) is 0 Å². The summed E-state index contributed by atoms with van der Waals surface area (Å²) in [4.78, 5) is 7.32. The molecule has 4 rings (SSSR count). The number of hydrogen-bond acceptors (Lipinski definition) is 12. The minimum Gasteiger partial charge on any atom is -0.507 e. The van der Waals surface area contributed by atoms with E-state index in [0.29, 0.717) is 11.1 Å². The highest BCUT2D eigenvalue weighted by Gasteiger charge is 2.29. The van der Waals surface area contributed by atoms with Crippen LogP contribution in [0.1, 0.15) is 72.9 Å². The molecule has 0 radical (unpaired) electrons. The van der Waals surface area contributed by atoms with Gasteiger partial charge in [0.1, 0.15) is 11.5 Å². The molecule has 258 valence electrons. The van der Waals surface area contributed by atoms with Gasteiger partial charge in [-0.3, -0.25) is 19.1 Å². The lowest BCUT2D eigenvalue weighted by molar-refractivity contribution is 0.398. The largest absolute Gasteiger partial charge is 0.507 e. The Morgan fingerprint density at radius 1 is 0.583 bits per heavy atom. The van der Waals surface area contributed by atoms with E-state index in [9.17, 15) is 56.6 Å². The maximum absolute atomic E-state index is 12.0. The Morgan fingerprint density at radius 2 is 0.896 bits per heavy atom. The van der Waals surface area contributed by atoms with Gasteiger partial charge < -0.3 is 30.6 Å². The van der Waals surface area contributed by atoms with Gasteiger partial charge in [-0.15, -0.1) is 0 Å². The lowest BCUT2D eigenvalue weighted by atomic mass is 9.83. The highest BCUT2D eigenvalue weighted by atomic mass is 32.2. The molecule has 0 aliphatic heterocycles. The van der Waals surface area contributed by atoms with E-state index in [1.165, 1.54) is 0 Å². The Morgan fingerprint density at radius 3 is 1.17 bits per heavy atom. The zero-order valence-electron chi connectivity index (χ0n) is 26.8. The van der Waals surface area contributed by atoms with Crippen LogP contribution in [0.15, 0.2) is 22.1 Å². The van der Waals surface area contributed by atoms with E-state index in [1.807, 2.05) is 0 Å². The molecule has 0 aliphatic rings. The Labute approximate surface area is 276 Å². The van der Waals surface area contributed by atoms with Crippen molar-refractivity contribution in [1.29, 1.82) is 0 Å². The van der Waals surface area contributed by atoms with Crippen LogP contribution in [0, 0.1) is 13.8 Å². The molecule has 8 N–H and O–H groups in total. The molecule has 0 atom stereocenters. The van der Waals surface area contributed by atoms with Gasteiger partial charge >= 0.3 is 0 Å². The number of aryl methyl sites for hydroxylation is 2. The monoisotopic (exact) mass is 704 g/mol. The van der Waals surface area contributed by atoms with Gasteiger partial charge in [0, 0.05) is 56.6 Å². The molecule has 14 nitrogen and oxygen atoms in total. The van der Waals surface area contributed by atoms with Gasteiger partial charge in [-0.2, -0.15) is 16.8 Å². The topological polar surface area (TPSA) is 255 Å². The van der Waals surface area contributed by atoms with Crippen LogP contribution in [0.3, 0.4) is 0 Å². The molecule has 0 aliphatic carbocycles. The van der Waals surface area contributed by atoms with Gasteiger partial charge in [0.2, 0.25) is 0 Å². The van der Waals surface area contributed by atoms with Crippen molar-refractivity contribution < 1.29 is 56.6 Å². The Kier molecular flexibility index (Phi) is 9.62. The first-order valence-corrected chi connectivity index (χ1v) is 17.7. The number of rotatable bonds is 9. The first kappa shape index (κ1) is 36.2. The Balaban J connectivity index is 2.23. The fraction of sp³-hybridized carbons (Fsp3) is 0.312. The average molecular weight is 705 g/mol. The Bertz CT molecular complexity index is 2110. The van der Waals surface area contributed by atoms with E-state index in [-0.39, 0.29) is 54.9 Å². The van der Waals surface area contributed by atoms with Crippen LogP contribution in [0.5, 0.6) is 34.5 Å². The molecular formula is C32H36N2O12S2. The summed E-state index contributed by atoms with van der Waals surface area (Å²) in [5, 5.41) is 68.3. The number of phenolic OH excluding ortho intramolecular Hbond substituents is 6. The number of fused-ring (bicyclic) bond motifs is 2. The molecule has 0 saturated carbocycles. The number of hydrogen-bond donors (Lipinski definition) is 8.